The monoisotopic (exact) mass is 369 g/mol. The van der Waals surface area contributed by atoms with Crippen molar-refractivity contribution in [2.75, 3.05) is 13.1 Å². The Morgan fingerprint density at radius 2 is 2.04 bits per heavy atom. The van der Waals surface area contributed by atoms with E-state index in [4.69, 9.17) is 4.74 Å². The molecule has 5 aliphatic rings. The van der Waals surface area contributed by atoms with Crippen LogP contribution >= 0.6 is 0 Å². The molecular weight excluding hydrogens is 338 g/mol. The molecule has 2 saturated carbocycles. The van der Waals surface area contributed by atoms with Crippen molar-refractivity contribution in [2.45, 2.75) is 82.0 Å². The van der Waals surface area contributed by atoms with Gasteiger partial charge in [-0.3, -0.25) is 4.90 Å². The van der Waals surface area contributed by atoms with Gasteiger partial charge in [-0.1, -0.05) is 13.0 Å². The molecule has 3 fully saturated rings. The largest absolute Gasteiger partial charge is 0.504 e. The highest BCUT2D eigenvalue weighted by Gasteiger charge is 2.74. The third-order valence-corrected chi connectivity index (χ3v) is 8.99. The van der Waals surface area contributed by atoms with Crippen LogP contribution in [0.25, 0.3) is 0 Å². The SMILES string of the molecule is CC[C@@]12CC[C@](C)(O)[C@@H]3Oc4c(O)ccc5c4[C@@]31CCN(CC1CC1)[C@@H]2C5. The summed E-state index contributed by atoms with van der Waals surface area (Å²) >= 11 is 0. The quantitative estimate of drug-likeness (QED) is 0.858. The molecule has 2 aliphatic heterocycles. The van der Waals surface area contributed by atoms with E-state index in [-0.39, 0.29) is 22.7 Å². The molecule has 4 nitrogen and oxygen atoms in total. The number of phenolic OH excluding ortho intramolecular Hbond substituents is 1. The minimum absolute atomic E-state index is 0.138. The van der Waals surface area contributed by atoms with E-state index < -0.39 is 5.60 Å². The number of hydrogen-bond acceptors (Lipinski definition) is 4. The fraction of sp³-hybridized carbons (Fsp3) is 0.739. The molecule has 2 bridgehead atoms. The molecule has 6 rings (SSSR count). The predicted octanol–water partition coefficient (Wildman–Crippen LogP) is 3.37. The van der Waals surface area contributed by atoms with E-state index in [2.05, 4.69) is 17.9 Å². The van der Waals surface area contributed by atoms with Crippen molar-refractivity contribution in [3.05, 3.63) is 23.3 Å². The van der Waals surface area contributed by atoms with Crippen molar-refractivity contribution in [1.29, 1.82) is 0 Å². The first-order chi connectivity index (χ1) is 12.9. The molecule has 1 spiro atoms. The number of phenols is 1. The van der Waals surface area contributed by atoms with Crippen molar-refractivity contribution in [3.63, 3.8) is 0 Å². The topological polar surface area (TPSA) is 52.9 Å². The first-order valence-corrected chi connectivity index (χ1v) is 10.9. The van der Waals surface area contributed by atoms with Gasteiger partial charge in [0.1, 0.15) is 6.10 Å². The fourth-order valence-electron chi connectivity index (χ4n) is 7.64. The van der Waals surface area contributed by atoms with Crippen LogP contribution < -0.4 is 4.74 Å². The highest BCUT2D eigenvalue weighted by molar-refractivity contribution is 5.62. The number of piperidine rings is 1. The maximum atomic E-state index is 11.4. The molecule has 0 amide bonds. The summed E-state index contributed by atoms with van der Waals surface area (Å²) < 4.78 is 6.46. The van der Waals surface area contributed by atoms with Gasteiger partial charge in [-0.2, -0.15) is 0 Å². The molecule has 0 aromatic heterocycles. The van der Waals surface area contributed by atoms with Gasteiger partial charge in [0.2, 0.25) is 0 Å². The molecule has 5 atom stereocenters. The highest BCUT2D eigenvalue weighted by Crippen LogP contribution is 2.71. The summed E-state index contributed by atoms with van der Waals surface area (Å²) in [6.07, 6.45) is 7.58. The molecule has 0 radical (unpaired) electrons. The van der Waals surface area contributed by atoms with Gasteiger partial charge in [0.05, 0.1) is 5.60 Å². The first-order valence-electron chi connectivity index (χ1n) is 10.9. The molecule has 27 heavy (non-hydrogen) atoms. The van der Waals surface area contributed by atoms with E-state index in [0.29, 0.717) is 11.8 Å². The maximum Gasteiger partial charge on any atom is 0.165 e. The smallest absolute Gasteiger partial charge is 0.165 e. The van der Waals surface area contributed by atoms with Crippen molar-refractivity contribution >= 4 is 0 Å². The van der Waals surface area contributed by atoms with Crippen LogP contribution in [0.1, 0.15) is 63.5 Å². The first kappa shape index (κ1) is 16.7. The Balaban J connectivity index is 1.60. The summed E-state index contributed by atoms with van der Waals surface area (Å²) in [5, 5.41) is 22.0. The number of hydrogen-bond donors (Lipinski definition) is 2. The van der Waals surface area contributed by atoms with E-state index in [0.717, 1.165) is 44.6 Å². The Bertz CT molecular complexity index is 816. The Morgan fingerprint density at radius 3 is 2.78 bits per heavy atom. The molecule has 3 aliphatic carbocycles. The summed E-state index contributed by atoms with van der Waals surface area (Å²) in [6.45, 7) is 6.63. The van der Waals surface area contributed by atoms with Gasteiger partial charge >= 0.3 is 0 Å². The molecule has 2 N–H and O–H groups in total. The lowest BCUT2D eigenvalue weighted by molar-refractivity contribution is -0.195. The number of ether oxygens (including phenoxy) is 1. The minimum Gasteiger partial charge on any atom is -0.504 e. The second kappa shape index (κ2) is 5.01. The van der Waals surface area contributed by atoms with Crippen molar-refractivity contribution in [3.8, 4) is 11.5 Å². The third-order valence-electron chi connectivity index (χ3n) is 8.99. The van der Waals surface area contributed by atoms with E-state index in [1.165, 1.54) is 30.5 Å². The molecule has 4 heteroatoms. The third kappa shape index (κ3) is 1.82. The van der Waals surface area contributed by atoms with Gasteiger partial charge in [-0.05, 0) is 81.4 Å². The summed E-state index contributed by atoms with van der Waals surface area (Å²) in [5.41, 5.74) is 1.73. The van der Waals surface area contributed by atoms with Gasteiger partial charge in [0.15, 0.2) is 11.5 Å². The molecular formula is C23H31NO3. The number of rotatable bonds is 3. The second-order valence-corrected chi connectivity index (χ2v) is 10.2. The number of nitrogens with zero attached hydrogens (tertiary/aromatic N) is 1. The standard InChI is InChI=1S/C23H31NO3/c1-3-22-9-8-21(2,26)20-23(22)10-11-24(13-14-4-5-14)17(22)12-15-6-7-16(25)19(27-20)18(15)23/h6-7,14,17,20,25-26H,3-5,8-13H2,1-2H3/t17-,20+,21+,22+,23+/m1/s1. The number of aromatic hydroxyl groups is 1. The Labute approximate surface area is 161 Å². The minimum atomic E-state index is -0.845. The van der Waals surface area contributed by atoms with Crippen LogP contribution in [0.5, 0.6) is 11.5 Å². The summed E-state index contributed by atoms with van der Waals surface area (Å²) in [7, 11) is 0. The number of benzene rings is 1. The van der Waals surface area contributed by atoms with Crippen LogP contribution in [0.2, 0.25) is 0 Å². The summed E-state index contributed by atoms with van der Waals surface area (Å²) in [6, 6.07) is 4.46. The van der Waals surface area contributed by atoms with Crippen LogP contribution in [-0.2, 0) is 11.8 Å². The number of likely N-dealkylation sites (tertiary alicyclic amines) is 1. The van der Waals surface area contributed by atoms with Crippen LogP contribution in [0.3, 0.4) is 0 Å². The van der Waals surface area contributed by atoms with Crippen LogP contribution in [0.15, 0.2) is 12.1 Å². The van der Waals surface area contributed by atoms with Gasteiger partial charge in [0.25, 0.3) is 0 Å². The zero-order valence-electron chi connectivity index (χ0n) is 16.5. The molecule has 0 unspecified atom stereocenters. The molecule has 2 heterocycles. The molecule has 1 aromatic carbocycles. The lowest BCUT2D eigenvalue weighted by atomic mass is 9.41. The summed E-state index contributed by atoms with van der Waals surface area (Å²) in [4.78, 5) is 2.79. The second-order valence-electron chi connectivity index (χ2n) is 10.2. The van der Waals surface area contributed by atoms with Crippen LogP contribution in [0.4, 0.5) is 0 Å². The van der Waals surface area contributed by atoms with E-state index in [1.54, 1.807) is 6.07 Å². The predicted molar refractivity (Wildman–Crippen MR) is 103 cm³/mol. The van der Waals surface area contributed by atoms with Crippen LogP contribution in [0, 0.1) is 11.3 Å². The van der Waals surface area contributed by atoms with Gasteiger partial charge in [-0.25, -0.2) is 0 Å². The van der Waals surface area contributed by atoms with Gasteiger partial charge in [-0.15, -0.1) is 0 Å². The molecule has 1 saturated heterocycles. The van der Waals surface area contributed by atoms with Crippen molar-refractivity contribution in [1.82, 2.24) is 4.90 Å². The van der Waals surface area contributed by atoms with E-state index >= 15 is 0 Å². The Hall–Kier alpha value is -1.26. The average molecular weight is 370 g/mol. The fourth-order valence-corrected chi connectivity index (χ4v) is 7.64. The van der Waals surface area contributed by atoms with Crippen molar-refractivity contribution < 1.29 is 14.9 Å². The van der Waals surface area contributed by atoms with Crippen molar-refractivity contribution in [2.24, 2.45) is 11.3 Å². The van der Waals surface area contributed by atoms with Crippen LogP contribution in [-0.4, -0.2) is 45.9 Å². The lowest BCUT2D eigenvalue weighted by Gasteiger charge is -2.68. The number of aliphatic hydroxyl groups is 1. The van der Waals surface area contributed by atoms with E-state index in [1.807, 2.05) is 6.92 Å². The van der Waals surface area contributed by atoms with Gasteiger partial charge < -0.3 is 14.9 Å². The zero-order valence-corrected chi connectivity index (χ0v) is 16.5. The maximum absolute atomic E-state index is 11.4. The normalized spacial score (nSPS) is 44.7. The zero-order chi connectivity index (χ0) is 18.6. The molecule has 146 valence electrons. The average Bonchev–Trinajstić information content (AvgIpc) is 3.38. The highest BCUT2D eigenvalue weighted by atomic mass is 16.5. The van der Waals surface area contributed by atoms with E-state index in [9.17, 15) is 10.2 Å². The Morgan fingerprint density at radius 1 is 1.22 bits per heavy atom. The molecule has 1 aromatic rings. The van der Waals surface area contributed by atoms with Gasteiger partial charge in [0, 0.05) is 23.6 Å². The lowest BCUT2D eigenvalue weighted by Crippen LogP contribution is -2.75. The Kier molecular flexibility index (Phi) is 3.10. The summed E-state index contributed by atoms with van der Waals surface area (Å²) in [5.74, 6) is 1.82.